The number of hydrogen-bond donors (Lipinski definition) is 3. The van der Waals surface area contributed by atoms with Gasteiger partial charge in [-0.15, -0.1) is 0 Å². The Labute approximate surface area is 182 Å². The second kappa shape index (κ2) is 13.1. The zero-order chi connectivity index (χ0) is 23.4. The van der Waals surface area contributed by atoms with Crippen LogP contribution in [0, 0.1) is 5.92 Å². The van der Waals surface area contributed by atoms with Gasteiger partial charge in [0.05, 0.1) is 0 Å². The van der Waals surface area contributed by atoms with Crippen molar-refractivity contribution in [2.45, 2.75) is 59.5 Å². The Bertz CT molecular complexity index is 873. The van der Waals surface area contributed by atoms with Crippen molar-refractivity contribution in [1.82, 2.24) is 15.2 Å². The lowest BCUT2D eigenvalue weighted by Gasteiger charge is -2.17. The summed E-state index contributed by atoms with van der Waals surface area (Å²) in [5, 5.41) is 7.83. The van der Waals surface area contributed by atoms with Gasteiger partial charge in [-0.05, 0) is 50.3 Å². The highest BCUT2D eigenvalue weighted by molar-refractivity contribution is 5.96. The summed E-state index contributed by atoms with van der Waals surface area (Å²) in [6, 6.07) is 2.12. The van der Waals surface area contributed by atoms with Crippen LogP contribution in [0.3, 0.4) is 0 Å². The first-order chi connectivity index (χ1) is 14.6. The molecule has 31 heavy (non-hydrogen) atoms. The minimum absolute atomic E-state index is 0.0112. The molecular formula is C22H32N4O5. The maximum Gasteiger partial charge on any atom is 0.274 e. The first kappa shape index (κ1) is 25.8. The fraction of sp³-hybridized carbons (Fsp3) is 0.500. The first-order valence-electron chi connectivity index (χ1n) is 10.3. The highest BCUT2D eigenvalue weighted by Gasteiger charge is 2.20. The number of allylic oxidation sites excluding steroid dienone is 2. The average molecular weight is 433 g/mol. The van der Waals surface area contributed by atoms with E-state index in [-0.39, 0.29) is 36.3 Å². The minimum atomic E-state index is -0.874. The normalized spacial score (nSPS) is 11.9. The second-order valence-corrected chi connectivity index (χ2v) is 7.72. The van der Waals surface area contributed by atoms with E-state index in [0.29, 0.717) is 18.9 Å². The summed E-state index contributed by atoms with van der Waals surface area (Å²) in [5.41, 5.74) is -0.509. The number of rotatable bonds is 12. The molecule has 0 radical (unpaired) electrons. The Balaban J connectivity index is 2.82. The number of ketones is 1. The van der Waals surface area contributed by atoms with Crippen LogP contribution in [0.25, 0.3) is 0 Å². The van der Waals surface area contributed by atoms with Gasteiger partial charge in [0.25, 0.3) is 5.56 Å². The smallest absolute Gasteiger partial charge is 0.274 e. The number of hydrogen-bond acceptors (Lipinski definition) is 5. The van der Waals surface area contributed by atoms with Crippen LogP contribution >= 0.6 is 0 Å². The molecule has 0 fully saturated rings. The number of carbonyl (C=O) groups excluding carboxylic acids is 4. The van der Waals surface area contributed by atoms with Gasteiger partial charge >= 0.3 is 0 Å². The van der Waals surface area contributed by atoms with E-state index in [1.165, 1.54) is 36.8 Å². The van der Waals surface area contributed by atoms with Crippen molar-refractivity contribution in [2.24, 2.45) is 5.92 Å². The van der Waals surface area contributed by atoms with E-state index in [2.05, 4.69) is 29.8 Å². The van der Waals surface area contributed by atoms with Crippen LogP contribution in [0.2, 0.25) is 0 Å². The van der Waals surface area contributed by atoms with Crippen molar-refractivity contribution >= 4 is 29.2 Å². The van der Waals surface area contributed by atoms with Gasteiger partial charge in [-0.3, -0.25) is 24.0 Å². The molecule has 1 atom stereocenters. The molecule has 0 spiro atoms. The van der Waals surface area contributed by atoms with Gasteiger partial charge in [-0.25, -0.2) is 0 Å². The zero-order valence-corrected chi connectivity index (χ0v) is 18.6. The third-order valence-corrected chi connectivity index (χ3v) is 4.30. The number of amides is 3. The molecular weight excluding hydrogens is 400 g/mol. The van der Waals surface area contributed by atoms with Crippen molar-refractivity contribution in [1.29, 1.82) is 0 Å². The van der Waals surface area contributed by atoms with Gasteiger partial charge in [0.2, 0.25) is 17.7 Å². The third kappa shape index (κ3) is 10.4. The van der Waals surface area contributed by atoms with Gasteiger partial charge in [0, 0.05) is 19.7 Å². The topological polar surface area (TPSA) is 126 Å². The van der Waals surface area contributed by atoms with E-state index in [0.717, 1.165) is 6.42 Å². The maximum absolute atomic E-state index is 12.6. The Morgan fingerprint density at radius 1 is 1.13 bits per heavy atom. The van der Waals surface area contributed by atoms with E-state index in [1.807, 2.05) is 0 Å². The van der Waals surface area contributed by atoms with Gasteiger partial charge in [-0.2, -0.15) is 0 Å². The molecule has 0 saturated carbocycles. The fourth-order valence-corrected chi connectivity index (χ4v) is 2.71. The summed E-state index contributed by atoms with van der Waals surface area (Å²) in [7, 11) is 0. The van der Waals surface area contributed by atoms with Crippen LogP contribution in [0.15, 0.2) is 35.3 Å². The van der Waals surface area contributed by atoms with Crippen LogP contribution in [0.5, 0.6) is 0 Å². The van der Waals surface area contributed by atoms with Crippen molar-refractivity contribution in [3.8, 4) is 0 Å². The Morgan fingerprint density at radius 3 is 2.45 bits per heavy atom. The quantitative estimate of drug-likeness (QED) is 0.430. The van der Waals surface area contributed by atoms with Crippen molar-refractivity contribution in [3.05, 3.63) is 40.8 Å². The van der Waals surface area contributed by atoms with E-state index in [4.69, 9.17) is 0 Å². The van der Waals surface area contributed by atoms with Crippen LogP contribution in [-0.4, -0.2) is 40.7 Å². The second-order valence-electron chi connectivity index (χ2n) is 7.72. The SMILES string of the molecule is CC(=O)/C=C/CC[C@H](NC(C)=O)C(=O)Nc1cccn(CC(=O)NCCC(C)C)c1=O. The molecule has 9 heteroatoms. The molecule has 0 aliphatic rings. The molecule has 170 valence electrons. The predicted molar refractivity (Wildman–Crippen MR) is 118 cm³/mol. The number of carbonyl (C=O) groups is 4. The Hall–Kier alpha value is -3.23. The zero-order valence-electron chi connectivity index (χ0n) is 18.6. The van der Waals surface area contributed by atoms with Crippen molar-refractivity contribution in [2.75, 3.05) is 11.9 Å². The average Bonchev–Trinajstić information content (AvgIpc) is 2.66. The molecule has 1 aromatic rings. The minimum Gasteiger partial charge on any atom is -0.355 e. The molecule has 9 nitrogen and oxygen atoms in total. The molecule has 0 aliphatic heterocycles. The molecule has 0 aliphatic carbocycles. The van der Waals surface area contributed by atoms with Crippen LogP contribution < -0.4 is 21.5 Å². The number of nitrogens with zero attached hydrogens (tertiary/aromatic N) is 1. The summed E-state index contributed by atoms with van der Waals surface area (Å²) >= 11 is 0. The molecule has 1 rings (SSSR count). The van der Waals surface area contributed by atoms with E-state index in [1.54, 1.807) is 12.1 Å². The molecule has 0 unspecified atom stereocenters. The number of anilines is 1. The monoisotopic (exact) mass is 432 g/mol. The predicted octanol–water partition coefficient (Wildman–Crippen LogP) is 1.38. The van der Waals surface area contributed by atoms with E-state index in [9.17, 15) is 24.0 Å². The van der Waals surface area contributed by atoms with E-state index < -0.39 is 17.5 Å². The molecule has 3 N–H and O–H groups in total. The lowest BCUT2D eigenvalue weighted by molar-refractivity contribution is -0.125. The van der Waals surface area contributed by atoms with Crippen LogP contribution in [0.4, 0.5) is 5.69 Å². The third-order valence-electron chi connectivity index (χ3n) is 4.30. The van der Waals surface area contributed by atoms with E-state index >= 15 is 0 Å². The number of aromatic nitrogens is 1. The van der Waals surface area contributed by atoms with Crippen molar-refractivity contribution in [3.63, 3.8) is 0 Å². The lowest BCUT2D eigenvalue weighted by Crippen LogP contribution is -2.43. The highest BCUT2D eigenvalue weighted by atomic mass is 16.2. The Kier molecular flexibility index (Phi) is 10.9. The lowest BCUT2D eigenvalue weighted by atomic mass is 10.1. The molecule has 0 bridgehead atoms. The maximum atomic E-state index is 12.6. The molecule has 3 amide bonds. The molecule has 0 aromatic carbocycles. The summed E-state index contributed by atoms with van der Waals surface area (Å²) in [5.74, 6) is -0.892. The molecule has 1 heterocycles. The largest absolute Gasteiger partial charge is 0.355 e. The van der Waals surface area contributed by atoms with Gasteiger partial charge in [0.1, 0.15) is 18.3 Å². The van der Waals surface area contributed by atoms with Gasteiger partial charge in [0.15, 0.2) is 5.78 Å². The van der Waals surface area contributed by atoms with Gasteiger partial charge in [-0.1, -0.05) is 19.9 Å². The molecule has 1 aromatic heterocycles. The number of pyridine rings is 1. The molecule has 0 saturated heterocycles. The van der Waals surface area contributed by atoms with Gasteiger partial charge < -0.3 is 20.5 Å². The van der Waals surface area contributed by atoms with Crippen molar-refractivity contribution < 1.29 is 19.2 Å². The summed E-state index contributed by atoms with van der Waals surface area (Å²) in [6.07, 6.45) is 5.98. The standard InChI is InChI=1S/C22H32N4O5/c1-15(2)11-12-23-20(29)14-26-13-7-10-19(22(26)31)25-21(30)18(24-17(4)28)9-6-5-8-16(3)27/h5,7-8,10,13,15,18H,6,9,11-12,14H2,1-4H3,(H,23,29)(H,24,28)(H,25,30)/b8-5+/t18-/m0/s1. The Morgan fingerprint density at radius 2 is 1.84 bits per heavy atom. The summed E-state index contributed by atoms with van der Waals surface area (Å²) in [6.45, 7) is 7.18. The fourth-order valence-electron chi connectivity index (χ4n) is 2.71. The number of nitrogens with one attached hydrogen (secondary N) is 3. The summed E-state index contributed by atoms with van der Waals surface area (Å²) < 4.78 is 1.21. The highest BCUT2D eigenvalue weighted by Crippen LogP contribution is 2.05. The first-order valence-corrected chi connectivity index (χ1v) is 10.3. The van der Waals surface area contributed by atoms with Crippen LogP contribution in [0.1, 0.15) is 47.0 Å². The summed E-state index contributed by atoms with van der Waals surface area (Å²) in [4.78, 5) is 59.7. The van der Waals surface area contributed by atoms with Crippen LogP contribution in [-0.2, 0) is 25.7 Å².